The third kappa shape index (κ3) is 1.76. The van der Waals surface area contributed by atoms with Crippen LogP contribution in [0.5, 0.6) is 0 Å². The molecule has 0 aliphatic heterocycles. The van der Waals surface area contributed by atoms with Crippen molar-refractivity contribution in [2.24, 2.45) is 23.5 Å². The molecule has 0 spiro atoms. The summed E-state index contributed by atoms with van der Waals surface area (Å²) in [5.74, 6) is 4.23. The van der Waals surface area contributed by atoms with Crippen LogP contribution in [0.2, 0.25) is 0 Å². The summed E-state index contributed by atoms with van der Waals surface area (Å²) in [5.41, 5.74) is 5.74. The van der Waals surface area contributed by atoms with Crippen LogP contribution in [0.1, 0.15) is 64.1 Å². The van der Waals surface area contributed by atoms with E-state index in [4.69, 9.17) is 10.3 Å². The molecule has 0 saturated heterocycles. The highest BCUT2D eigenvalue weighted by atomic mass is 16.5. The van der Waals surface area contributed by atoms with Gasteiger partial charge in [-0.25, -0.2) is 0 Å². The van der Waals surface area contributed by atoms with Gasteiger partial charge in [-0.1, -0.05) is 5.16 Å². The second kappa shape index (κ2) is 3.60. The van der Waals surface area contributed by atoms with Crippen molar-refractivity contribution in [2.75, 3.05) is 0 Å². The predicted molar refractivity (Wildman–Crippen MR) is 71.4 cm³/mol. The van der Waals surface area contributed by atoms with Crippen molar-refractivity contribution in [3.63, 3.8) is 0 Å². The molecule has 4 fully saturated rings. The Morgan fingerprint density at radius 2 is 1.63 bits per heavy atom. The fourth-order valence-electron chi connectivity index (χ4n) is 5.09. The normalized spacial score (nSPS) is 40.9. The van der Waals surface area contributed by atoms with E-state index in [1.165, 1.54) is 38.5 Å². The zero-order valence-corrected chi connectivity index (χ0v) is 11.9. The van der Waals surface area contributed by atoms with E-state index in [1.807, 2.05) is 13.8 Å². The van der Waals surface area contributed by atoms with E-state index < -0.39 is 5.54 Å². The van der Waals surface area contributed by atoms with E-state index in [-0.39, 0.29) is 5.41 Å². The number of nitrogens with two attached hydrogens (primary N) is 1. The largest absolute Gasteiger partial charge is 0.337 e. The van der Waals surface area contributed by atoms with Gasteiger partial charge in [-0.15, -0.1) is 0 Å². The molecule has 4 aliphatic rings. The third-order valence-electron chi connectivity index (χ3n) is 5.49. The van der Waals surface area contributed by atoms with Crippen LogP contribution in [0.3, 0.4) is 0 Å². The van der Waals surface area contributed by atoms with Gasteiger partial charge in [0.05, 0.1) is 5.54 Å². The Balaban J connectivity index is 1.70. The summed E-state index contributed by atoms with van der Waals surface area (Å²) in [6.07, 6.45) is 8.11. The topological polar surface area (TPSA) is 64.9 Å². The Labute approximate surface area is 114 Å². The zero-order valence-electron chi connectivity index (χ0n) is 11.9. The molecule has 104 valence electrons. The van der Waals surface area contributed by atoms with E-state index in [0.717, 1.165) is 23.6 Å². The molecule has 2 N–H and O–H groups in total. The zero-order chi connectivity index (χ0) is 13.3. The standard InChI is InChI=1S/C15H23N3O/c1-14(2,16)13-17-12(18-19-13)15-6-9-3-10(7-15)5-11(4-9)8-15/h9-11H,3-8,16H2,1-2H3. The SMILES string of the molecule is CC(C)(N)c1nc(C23CC4CC(CC(C4)C2)C3)no1. The van der Waals surface area contributed by atoms with E-state index >= 15 is 0 Å². The Hall–Kier alpha value is -0.900. The van der Waals surface area contributed by atoms with Gasteiger partial charge in [0.15, 0.2) is 5.82 Å². The number of rotatable bonds is 2. The minimum atomic E-state index is -0.534. The highest BCUT2D eigenvalue weighted by Gasteiger charge is 2.54. The average molecular weight is 261 g/mol. The maximum absolute atomic E-state index is 6.07. The van der Waals surface area contributed by atoms with Gasteiger partial charge in [0.2, 0.25) is 5.89 Å². The molecule has 0 amide bonds. The summed E-state index contributed by atoms with van der Waals surface area (Å²) < 4.78 is 5.43. The van der Waals surface area contributed by atoms with Crippen molar-refractivity contribution in [2.45, 2.75) is 63.3 Å². The van der Waals surface area contributed by atoms with Gasteiger partial charge in [0.25, 0.3) is 0 Å². The lowest BCUT2D eigenvalue weighted by molar-refractivity contribution is -0.0103. The van der Waals surface area contributed by atoms with Crippen LogP contribution in [0.25, 0.3) is 0 Å². The molecule has 1 heterocycles. The molecular weight excluding hydrogens is 238 g/mol. The summed E-state index contributed by atoms with van der Waals surface area (Å²) in [4.78, 5) is 4.67. The molecule has 19 heavy (non-hydrogen) atoms. The molecule has 4 saturated carbocycles. The number of hydrogen-bond acceptors (Lipinski definition) is 4. The van der Waals surface area contributed by atoms with E-state index in [0.29, 0.717) is 5.89 Å². The van der Waals surface area contributed by atoms with Crippen molar-refractivity contribution in [1.29, 1.82) is 0 Å². The second-order valence-electron chi connectivity index (χ2n) is 7.84. The molecule has 1 aromatic rings. The molecule has 4 aliphatic carbocycles. The Kier molecular flexibility index (Phi) is 2.25. The van der Waals surface area contributed by atoms with Crippen molar-refractivity contribution >= 4 is 0 Å². The number of nitrogens with zero attached hydrogens (tertiary/aromatic N) is 2. The molecule has 4 nitrogen and oxygen atoms in total. The van der Waals surface area contributed by atoms with Crippen LogP contribution >= 0.6 is 0 Å². The first-order valence-electron chi connectivity index (χ1n) is 7.58. The Morgan fingerprint density at radius 1 is 1.11 bits per heavy atom. The van der Waals surface area contributed by atoms with Crippen LogP contribution in [0.15, 0.2) is 4.52 Å². The summed E-state index contributed by atoms with van der Waals surface area (Å²) in [6.45, 7) is 3.84. The summed E-state index contributed by atoms with van der Waals surface area (Å²) in [5, 5.41) is 4.31. The van der Waals surface area contributed by atoms with Gasteiger partial charge < -0.3 is 10.3 Å². The fourth-order valence-corrected chi connectivity index (χ4v) is 5.09. The van der Waals surface area contributed by atoms with Crippen molar-refractivity contribution in [3.05, 3.63) is 11.7 Å². The van der Waals surface area contributed by atoms with Gasteiger partial charge in [-0.2, -0.15) is 4.98 Å². The highest BCUT2D eigenvalue weighted by molar-refractivity contribution is 5.17. The second-order valence-corrected chi connectivity index (χ2v) is 7.84. The molecule has 4 heteroatoms. The third-order valence-corrected chi connectivity index (χ3v) is 5.49. The quantitative estimate of drug-likeness (QED) is 0.889. The first-order chi connectivity index (χ1) is 8.95. The molecule has 0 aromatic carbocycles. The van der Waals surface area contributed by atoms with Crippen molar-refractivity contribution in [1.82, 2.24) is 10.1 Å². The number of hydrogen-bond donors (Lipinski definition) is 1. The van der Waals surface area contributed by atoms with E-state index in [1.54, 1.807) is 0 Å². The Bertz CT molecular complexity index is 464. The fraction of sp³-hybridized carbons (Fsp3) is 0.867. The molecule has 0 radical (unpaired) electrons. The molecular formula is C15H23N3O. The van der Waals surface area contributed by atoms with Crippen LogP contribution in [0, 0.1) is 17.8 Å². The lowest BCUT2D eigenvalue weighted by Gasteiger charge is -2.55. The maximum Gasteiger partial charge on any atom is 0.246 e. The summed E-state index contributed by atoms with van der Waals surface area (Å²) in [6, 6.07) is 0. The monoisotopic (exact) mass is 261 g/mol. The van der Waals surface area contributed by atoms with Gasteiger partial charge in [-0.3, -0.25) is 0 Å². The smallest absolute Gasteiger partial charge is 0.246 e. The van der Waals surface area contributed by atoms with Crippen molar-refractivity contribution < 1.29 is 4.52 Å². The molecule has 0 atom stereocenters. The van der Waals surface area contributed by atoms with Crippen LogP contribution in [0.4, 0.5) is 0 Å². The van der Waals surface area contributed by atoms with Crippen LogP contribution in [-0.2, 0) is 11.0 Å². The predicted octanol–water partition coefficient (Wildman–Crippen LogP) is 2.73. The maximum atomic E-state index is 6.07. The first-order valence-corrected chi connectivity index (χ1v) is 7.58. The van der Waals surface area contributed by atoms with Crippen LogP contribution in [-0.4, -0.2) is 10.1 Å². The molecule has 5 rings (SSSR count). The van der Waals surface area contributed by atoms with Gasteiger partial charge >= 0.3 is 0 Å². The summed E-state index contributed by atoms with van der Waals surface area (Å²) in [7, 11) is 0. The lowest BCUT2D eigenvalue weighted by atomic mass is 9.49. The minimum absolute atomic E-state index is 0.210. The van der Waals surface area contributed by atoms with Crippen LogP contribution < -0.4 is 5.73 Å². The molecule has 1 aromatic heterocycles. The highest BCUT2D eigenvalue weighted by Crippen LogP contribution is 2.60. The lowest BCUT2D eigenvalue weighted by Crippen LogP contribution is -2.49. The first kappa shape index (κ1) is 11.9. The van der Waals surface area contributed by atoms with Gasteiger partial charge in [0.1, 0.15) is 0 Å². The Morgan fingerprint density at radius 3 is 2.05 bits per heavy atom. The van der Waals surface area contributed by atoms with Crippen molar-refractivity contribution in [3.8, 4) is 0 Å². The van der Waals surface area contributed by atoms with E-state index in [9.17, 15) is 0 Å². The summed E-state index contributed by atoms with van der Waals surface area (Å²) >= 11 is 0. The minimum Gasteiger partial charge on any atom is -0.337 e. The molecule has 4 bridgehead atoms. The average Bonchev–Trinajstić information content (AvgIpc) is 2.75. The van der Waals surface area contributed by atoms with Gasteiger partial charge in [-0.05, 0) is 70.1 Å². The van der Waals surface area contributed by atoms with E-state index in [2.05, 4.69) is 10.1 Å². The molecule has 0 unspecified atom stereocenters. The number of aromatic nitrogens is 2. The van der Waals surface area contributed by atoms with Gasteiger partial charge in [0, 0.05) is 5.41 Å².